The molecule has 0 radical (unpaired) electrons. The lowest BCUT2D eigenvalue weighted by atomic mass is 9.96. The molecule has 0 fully saturated rings. The molecular weight excluding hydrogens is 468 g/mol. The highest BCUT2D eigenvalue weighted by Crippen LogP contribution is 2.55. The molecule has 0 N–H and O–H groups in total. The Bertz CT molecular complexity index is 1300. The monoisotopic (exact) mass is 490 g/mol. The minimum atomic E-state index is -1.02. The Morgan fingerprint density at radius 1 is 0.941 bits per heavy atom. The van der Waals surface area contributed by atoms with Gasteiger partial charge in [-0.2, -0.15) is 10.2 Å². The fourth-order valence-electron chi connectivity index (χ4n) is 4.21. The average Bonchev–Trinajstić information content (AvgIpc) is 3.26. The Balaban J connectivity index is 1.81. The van der Waals surface area contributed by atoms with Crippen LogP contribution in [0.5, 0.6) is 0 Å². The first kappa shape index (κ1) is 22.5. The third-order valence-electron chi connectivity index (χ3n) is 5.68. The van der Waals surface area contributed by atoms with Crippen LogP contribution in [0.4, 0.5) is 11.4 Å². The molecule has 34 heavy (non-hydrogen) atoms. The number of carbonyl (C=O) groups is 1. The van der Waals surface area contributed by atoms with E-state index in [0.717, 1.165) is 28.9 Å². The maximum Gasteiger partial charge on any atom is 0.365 e. The molecule has 2 aliphatic rings. The maximum absolute atomic E-state index is 12.9. The van der Waals surface area contributed by atoms with Crippen molar-refractivity contribution < 1.29 is 9.53 Å². The van der Waals surface area contributed by atoms with Crippen molar-refractivity contribution in [1.82, 2.24) is 0 Å². The minimum absolute atomic E-state index is 0.243. The molecule has 0 amide bonds. The van der Waals surface area contributed by atoms with Crippen LogP contribution in [0.2, 0.25) is 5.02 Å². The SMILES string of the molecule is CCOC(=O)C1=NN(c2ccccc2Cl)C2(S1)c1ccccc1C(CC)=NN2c1ccccc1. The van der Waals surface area contributed by atoms with Gasteiger partial charge >= 0.3 is 5.97 Å². The largest absolute Gasteiger partial charge is 0.461 e. The van der Waals surface area contributed by atoms with Crippen molar-refractivity contribution in [3.8, 4) is 0 Å². The van der Waals surface area contributed by atoms with E-state index in [1.54, 1.807) is 11.9 Å². The Labute approximate surface area is 207 Å². The van der Waals surface area contributed by atoms with Crippen LogP contribution in [-0.2, 0) is 14.5 Å². The predicted octanol–water partition coefficient (Wildman–Crippen LogP) is 6.21. The van der Waals surface area contributed by atoms with Gasteiger partial charge in [0.15, 0.2) is 0 Å². The lowest BCUT2D eigenvalue weighted by Gasteiger charge is -2.47. The quantitative estimate of drug-likeness (QED) is 0.398. The number of hydrazone groups is 2. The first-order chi connectivity index (χ1) is 16.6. The number of benzene rings is 3. The van der Waals surface area contributed by atoms with Crippen LogP contribution in [0.3, 0.4) is 0 Å². The van der Waals surface area contributed by atoms with Crippen LogP contribution < -0.4 is 10.0 Å². The van der Waals surface area contributed by atoms with E-state index in [1.807, 2.05) is 71.7 Å². The summed E-state index contributed by atoms with van der Waals surface area (Å²) in [5.41, 5.74) is 4.48. The number of esters is 1. The summed E-state index contributed by atoms with van der Waals surface area (Å²) < 4.78 is 5.34. The summed E-state index contributed by atoms with van der Waals surface area (Å²) in [5.74, 6) is -0.475. The van der Waals surface area contributed by atoms with E-state index in [0.29, 0.717) is 10.7 Å². The minimum Gasteiger partial charge on any atom is -0.461 e. The number of carbonyl (C=O) groups excluding carboxylic acids is 1. The molecule has 0 saturated carbocycles. The molecule has 5 rings (SSSR count). The van der Waals surface area contributed by atoms with Crippen molar-refractivity contribution in [1.29, 1.82) is 0 Å². The average molecular weight is 491 g/mol. The molecule has 2 aliphatic heterocycles. The van der Waals surface area contributed by atoms with E-state index in [4.69, 9.17) is 26.5 Å². The summed E-state index contributed by atoms with van der Waals surface area (Å²) in [5, 5.41) is 14.4. The van der Waals surface area contributed by atoms with Crippen molar-refractivity contribution in [2.45, 2.75) is 25.3 Å². The highest BCUT2D eigenvalue weighted by molar-refractivity contribution is 8.16. The number of ether oxygens (including phenoxy) is 1. The number of thioether (sulfide) groups is 1. The number of anilines is 2. The van der Waals surface area contributed by atoms with Crippen LogP contribution in [0, 0.1) is 0 Å². The Morgan fingerprint density at radius 3 is 2.38 bits per heavy atom. The van der Waals surface area contributed by atoms with E-state index in [1.165, 1.54) is 11.8 Å². The summed E-state index contributed by atoms with van der Waals surface area (Å²) in [7, 11) is 0. The van der Waals surface area contributed by atoms with E-state index in [9.17, 15) is 4.79 Å². The number of hydrogen-bond donors (Lipinski definition) is 0. The highest BCUT2D eigenvalue weighted by Gasteiger charge is 2.56. The van der Waals surface area contributed by atoms with Gasteiger partial charge in [-0.15, -0.1) is 0 Å². The molecule has 3 aromatic carbocycles. The number of para-hydroxylation sites is 2. The molecule has 1 atom stereocenters. The van der Waals surface area contributed by atoms with E-state index >= 15 is 0 Å². The number of hydrogen-bond acceptors (Lipinski definition) is 7. The molecule has 0 bridgehead atoms. The van der Waals surface area contributed by atoms with Gasteiger partial charge in [-0.25, -0.2) is 14.8 Å². The van der Waals surface area contributed by atoms with E-state index in [2.05, 4.69) is 19.1 Å². The first-order valence-electron chi connectivity index (χ1n) is 11.1. The van der Waals surface area contributed by atoms with Crippen LogP contribution >= 0.6 is 23.4 Å². The van der Waals surface area contributed by atoms with Gasteiger partial charge in [0, 0.05) is 11.1 Å². The standard InChI is InChI=1S/C26H23ClN4O2S/c1-3-22-19-14-8-9-15-20(19)26(30(28-22)18-12-6-5-7-13-18)31(23-17-11-10-16-21(23)27)29-24(34-26)25(32)33-4-2/h5-17H,3-4H2,1-2H3. The predicted molar refractivity (Wildman–Crippen MR) is 139 cm³/mol. The van der Waals surface area contributed by atoms with Gasteiger partial charge in [0.1, 0.15) is 0 Å². The summed E-state index contributed by atoms with van der Waals surface area (Å²) in [6.45, 7) is 4.13. The van der Waals surface area contributed by atoms with Gasteiger partial charge in [0.05, 0.1) is 28.7 Å². The molecule has 3 aromatic rings. The number of rotatable bonds is 5. The number of nitrogens with zero attached hydrogens (tertiary/aromatic N) is 4. The lowest BCUT2D eigenvalue weighted by molar-refractivity contribution is -0.134. The van der Waals surface area contributed by atoms with Crippen molar-refractivity contribution in [3.05, 3.63) is 95.0 Å². The molecule has 0 saturated heterocycles. The molecule has 8 heteroatoms. The smallest absolute Gasteiger partial charge is 0.365 e. The van der Waals surface area contributed by atoms with Gasteiger partial charge in [-0.1, -0.05) is 73.1 Å². The Hall–Kier alpha value is -3.29. The molecule has 2 heterocycles. The van der Waals surface area contributed by atoms with Crippen LogP contribution in [-0.4, -0.2) is 23.3 Å². The topological polar surface area (TPSA) is 57.5 Å². The van der Waals surface area contributed by atoms with Gasteiger partial charge < -0.3 is 4.74 Å². The molecule has 1 unspecified atom stereocenters. The summed E-state index contributed by atoms with van der Waals surface area (Å²) in [4.78, 5) is 11.9. The van der Waals surface area contributed by atoms with Gasteiger partial charge in [0.2, 0.25) is 10.0 Å². The van der Waals surface area contributed by atoms with Crippen molar-refractivity contribution >= 4 is 51.5 Å². The van der Waals surface area contributed by atoms with Crippen LogP contribution in [0.1, 0.15) is 31.4 Å². The summed E-state index contributed by atoms with van der Waals surface area (Å²) >= 11 is 7.99. The first-order valence-corrected chi connectivity index (χ1v) is 12.3. The van der Waals surface area contributed by atoms with E-state index in [-0.39, 0.29) is 11.7 Å². The molecule has 0 aromatic heterocycles. The molecular formula is C26H23ClN4O2S. The zero-order valence-corrected chi connectivity index (χ0v) is 20.4. The third-order valence-corrected chi connectivity index (χ3v) is 7.29. The second-order valence-electron chi connectivity index (χ2n) is 7.69. The second-order valence-corrected chi connectivity index (χ2v) is 9.26. The Morgan fingerprint density at radius 2 is 1.65 bits per heavy atom. The Kier molecular flexibility index (Phi) is 6.06. The highest BCUT2D eigenvalue weighted by atomic mass is 35.5. The van der Waals surface area contributed by atoms with Gasteiger partial charge in [0.25, 0.3) is 0 Å². The van der Waals surface area contributed by atoms with E-state index < -0.39 is 11.0 Å². The second kappa shape index (κ2) is 9.16. The van der Waals surface area contributed by atoms with Crippen molar-refractivity contribution in [3.63, 3.8) is 0 Å². The fourth-order valence-corrected chi connectivity index (χ4v) is 5.71. The van der Waals surface area contributed by atoms with Gasteiger partial charge in [-0.05, 0) is 49.4 Å². The normalized spacial score (nSPS) is 19.0. The maximum atomic E-state index is 12.9. The number of fused-ring (bicyclic) bond motifs is 2. The van der Waals surface area contributed by atoms with Crippen LogP contribution in [0.15, 0.2) is 89.1 Å². The summed E-state index contributed by atoms with van der Waals surface area (Å²) in [6.07, 6.45) is 0.749. The number of halogens is 1. The third kappa shape index (κ3) is 3.56. The lowest BCUT2D eigenvalue weighted by Crippen LogP contribution is -2.54. The fraction of sp³-hybridized carbons (Fsp3) is 0.192. The molecule has 1 spiro atoms. The molecule has 172 valence electrons. The summed E-state index contributed by atoms with van der Waals surface area (Å²) in [6, 6.07) is 25.5. The zero-order chi connectivity index (χ0) is 23.7. The van der Waals surface area contributed by atoms with Gasteiger partial charge in [-0.3, -0.25) is 0 Å². The van der Waals surface area contributed by atoms with Crippen molar-refractivity contribution in [2.24, 2.45) is 10.2 Å². The molecule has 0 aliphatic carbocycles. The van der Waals surface area contributed by atoms with Crippen LogP contribution in [0.25, 0.3) is 0 Å². The zero-order valence-electron chi connectivity index (χ0n) is 18.8. The van der Waals surface area contributed by atoms with Crippen molar-refractivity contribution in [2.75, 3.05) is 16.6 Å². The molecule has 6 nitrogen and oxygen atoms in total.